The van der Waals surface area contributed by atoms with Gasteiger partial charge in [-0.25, -0.2) is 14.4 Å². The van der Waals surface area contributed by atoms with Crippen molar-refractivity contribution in [3.05, 3.63) is 60.7 Å². The molecule has 0 aliphatic heterocycles. The molecule has 3 N–H and O–H groups in total. The van der Waals surface area contributed by atoms with Gasteiger partial charge >= 0.3 is 0 Å². The van der Waals surface area contributed by atoms with Crippen LogP contribution in [-0.4, -0.2) is 38.7 Å². The van der Waals surface area contributed by atoms with E-state index in [1.54, 1.807) is 42.7 Å². The second-order valence-corrected chi connectivity index (χ2v) is 7.22. The lowest BCUT2D eigenvalue weighted by molar-refractivity contribution is -0.123. The summed E-state index contributed by atoms with van der Waals surface area (Å²) in [7, 11) is 0. The van der Waals surface area contributed by atoms with Gasteiger partial charge in [0.25, 0.3) is 5.91 Å². The molecular weight excluding hydrogens is 399 g/mol. The van der Waals surface area contributed by atoms with Crippen molar-refractivity contribution in [2.24, 2.45) is 0 Å². The van der Waals surface area contributed by atoms with E-state index in [1.807, 2.05) is 19.9 Å². The third-order valence-corrected chi connectivity index (χ3v) is 4.36. The van der Waals surface area contributed by atoms with Crippen LogP contribution in [0.5, 0.6) is 5.75 Å². The number of halogens is 1. The highest BCUT2D eigenvalue weighted by Crippen LogP contribution is 2.26. The molecule has 2 aromatic carbocycles. The number of hydrogen-bond acceptors (Lipinski definition) is 6. The highest BCUT2D eigenvalue weighted by molar-refractivity contribution is 5.83. The van der Waals surface area contributed by atoms with E-state index < -0.39 is 5.82 Å². The number of aromatic nitrogens is 4. The zero-order valence-electron chi connectivity index (χ0n) is 17.0. The highest BCUT2D eigenvalue weighted by atomic mass is 19.1. The molecule has 0 spiro atoms. The number of ether oxygens (including phenoxy) is 1. The van der Waals surface area contributed by atoms with Crippen LogP contribution in [0.2, 0.25) is 0 Å². The van der Waals surface area contributed by atoms with Gasteiger partial charge in [0.15, 0.2) is 12.4 Å². The molecule has 0 unspecified atom stereocenters. The number of fused-ring (bicyclic) bond motifs is 1. The highest BCUT2D eigenvalue weighted by Gasteiger charge is 2.10. The molecule has 0 saturated carbocycles. The minimum Gasteiger partial charge on any atom is -0.484 e. The number of anilines is 2. The van der Waals surface area contributed by atoms with E-state index in [9.17, 15) is 9.18 Å². The van der Waals surface area contributed by atoms with Crippen molar-refractivity contribution in [1.29, 1.82) is 0 Å². The number of nitrogens with zero attached hydrogens (tertiary/aromatic N) is 3. The predicted molar refractivity (Wildman–Crippen MR) is 116 cm³/mol. The SMILES string of the molecule is CC(C)NC(=O)COc1cccc(-c2nccc(Nc3cc4cn[nH]c4cc3F)n2)c1. The Labute approximate surface area is 177 Å². The number of H-pyrrole nitrogens is 1. The fourth-order valence-electron chi connectivity index (χ4n) is 3.00. The Kier molecular flexibility index (Phi) is 5.74. The molecule has 0 aliphatic rings. The first-order chi connectivity index (χ1) is 15.0. The average molecular weight is 420 g/mol. The number of rotatable bonds is 7. The fraction of sp³-hybridized carbons (Fsp3) is 0.182. The maximum Gasteiger partial charge on any atom is 0.258 e. The predicted octanol–water partition coefficient (Wildman–Crippen LogP) is 3.81. The van der Waals surface area contributed by atoms with Gasteiger partial charge in [-0.15, -0.1) is 0 Å². The van der Waals surface area contributed by atoms with Crippen LogP contribution in [0.25, 0.3) is 22.3 Å². The summed E-state index contributed by atoms with van der Waals surface area (Å²) in [6.45, 7) is 3.69. The second-order valence-electron chi connectivity index (χ2n) is 7.22. The topological polar surface area (TPSA) is 105 Å². The van der Waals surface area contributed by atoms with E-state index in [1.165, 1.54) is 6.07 Å². The molecule has 158 valence electrons. The first-order valence-corrected chi connectivity index (χ1v) is 9.73. The summed E-state index contributed by atoms with van der Waals surface area (Å²) >= 11 is 0. The summed E-state index contributed by atoms with van der Waals surface area (Å²) in [5.41, 5.74) is 1.60. The maximum atomic E-state index is 14.4. The third kappa shape index (κ3) is 4.95. The molecular formula is C22H21FN6O2. The molecule has 4 aromatic rings. The normalized spacial score (nSPS) is 11.0. The van der Waals surface area contributed by atoms with Crippen LogP contribution in [0.1, 0.15) is 13.8 Å². The van der Waals surface area contributed by atoms with Crippen LogP contribution in [0, 0.1) is 5.82 Å². The summed E-state index contributed by atoms with van der Waals surface area (Å²) in [6.07, 6.45) is 3.21. The lowest BCUT2D eigenvalue weighted by Gasteiger charge is -2.11. The van der Waals surface area contributed by atoms with Crippen molar-refractivity contribution in [3.63, 3.8) is 0 Å². The molecule has 0 radical (unpaired) electrons. The largest absolute Gasteiger partial charge is 0.484 e. The quantitative estimate of drug-likeness (QED) is 0.420. The van der Waals surface area contributed by atoms with Crippen LogP contribution in [0.3, 0.4) is 0 Å². The van der Waals surface area contributed by atoms with E-state index in [4.69, 9.17) is 4.74 Å². The summed E-state index contributed by atoms with van der Waals surface area (Å²) in [4.78, 5) is 20.6. The Balaban J connectivity index is 1.51. The van der Waals surface area contributed by atoms with Gasteiger partial charge in [-0.3, -0.25) is 9.89 Å². The van der Waals surface area contributed by atoms with Gasteiger partial charge in [0, 0.05) is 29.3 Å². The fourth-order valence-corrected chi connectivity index (χ4v) is 3.00. The van der Waals surface area contributed by atoms with Crippen LogP contribution in [-0.2, 0) is 4.79 Å². The molecule has 2 aromatic heterocycles. The standard InChI is InChI=1S/C22H21FN6O2/c1-13(2)26-21(30)12-31-16-5-3-4-14(8-16)22-24-7-6-20(28-22)27-19-9-15-11-25-29-18(15)10-17(19)23/h3-11,13H,12H2,1-2H3,(H,25,29)(H,26,30)(H,24,27,28). The third-order valence-electron chi connectivity index (χ3n) is 4.36. The van der Waals surface area contributed by atoms with E-state index in [-0.39, 0.29) is 24.2 Å². The Morgan fingerprint density at radius 1 is 1.23 bits per heavy atom. The van der Waals surface area contributed by atoms with Crippen molar-refractivity contribution in [2.75, 3.05) is 11.9 Å². The van der Waals surface area contributed by atoms with Crippen LogP contribution < -0.4 is 15.4 Å². The van der Waals surface area contributed by atoms with Gasteiger partial charge in [-0.1, -0.05) is 12.1 Å². The van der Waals surface area contributed by atoms with Crippen molar-refractivity contribution in [3.8, 4) is 17.1 Å². The van der Waals surface area contributed by atoms with E-state index in [2.05, 4.69) is 30.8 Å². The van der Waals surface area contributed by atoms with Crippen molar-refractivity contribution < 1.29 is 13.9 Å². The zero-order chi connectivity index (χ0) is 21.8. The van der Waals surface area contributed by atoms with Crippen LogP contribution in [0.15, 0.2) is 54.9 Å². The van der Waals surface area contributed by atoms with E-state index >= 15 is 0 Å². The van der Waals surface area contributed by atoms with Gasteiger partial charge in [0.05, 0.1) is 17.4 Å². The van der Waals surface area contributed by atoms with E-state index in [0.29, 0.717) is 28.5 Å². The minimum atomic E-state index is -0.424. The van der Waals surface area contributed by atoms with Gasteiger partial charge < -0.3 is 15.4 Å². The molecule has 1 amide bonds. The number of carbonyl (C=O) groups is 1. The lowest BCUT2D eigenvalue weighted by atomic mass is 10.2. The molecule has 0 fully saturated rings. The molecule has 0 bridgehead atoms. The molecule has 0 saturated heterocycles. The van der Waals surface area contributed by atoms with Gasteiger partial charge in [-0.05, 0) is 38.1 Å². The first-order valence-electron chi connectivity index (χ1n) is 9.73. The molecule has 8 nitrogen and oxygen atoms in total. The monoisotopic (exact) mass is 420 g/mol. The molecule has 0 aliphatic carbocycles. The second kappa shape index (κ2) is 8.78. The van der Waals surface area contributed by atoms with Crippen molar-refractivity contribution in [1.82, 2.24) is 25.5 Å². The Hall–Kier alpha value is -4.01. The van der Waals surface area contributed by atoms with Crippen molar-refractivity contribution >= 4 is 28.3 Å². The Morgan fingerprint density at radius 3 is 2.94 bits per heavy atom. The zero-order valence-corrected chi connectivity index (χ0v) is 17.0. The number of benzene rings is 2. The summed E-state index contributed by atoms with van der Waals surface area (Å²) in [5.74, 6) is 0.780. The van der Waals surface area contributed by atoms with Gasteiger partial charge in [0.2, 0.25) is 0 Å². The first kappa shape index (κ1) is 20.3. The minimum absolute atomic E-state index is 0.0464. The Bertz CT molecular complexity index is 1220. The summed E-state index contributed by atoms with van der Waals surface area (Å²) in [5, 5.41) is 13.2. The van der Waals surface area contributed by atoms with Crippen LogP contribution in [0.4, 0.5) is 15.9 Å². The number of nitrogens with one attached hydrogen (secondary N) is 3. The Morgan fingerprint density at radius 2 is 2.10 bits per heavy atom. The average Bonchev–Trinajstić information content (AvgIpc) is 3.19. The molecule has 31 heavy (non-hydrogen) atoms. The molecule has 9 heteroatoms. The lowest BCUT2D eigenvalue weighted by Crippen LogP contribution is -2.34. The van der Waals surface area contributed by atoms with Crippen LogP contribution >= 0.6 is 0 Å². The van der Waals surface area contributed by atoms with E-state index in [0.717, 1.165) is 5.39 Å². The summed E-state index contributed by atoms with van der Waals surface area (Å²) < 4.78 is 19.9. The number of aromatic amines is 1. The number of amides is 1. The van der Waals surface area contributed by atoms with Gasteiger partial charge in [0.1, 0.15) is 17.4 Å². The smallest absolute Gasteiger partial charge is 0.258 e. The van der Waals surface area contributed by atoms with Gasteiger partial charge in [-0.2, -0.15) is 5.10 Å². The molecule has 4 rings (SSSR count). The maximum absolute atomic E-state index is 14.4. The summed E-state index contributed by atoms with van der Waals surface area (Å²) in [6, 6.07) is 11.9. The molecule has 2 heterocycles. The number of hydrogen-bond donors (Lipinski definition) is 3. The number of carbonyl (C=O) groups excluding carboxylic acids is 1. The van der Waals surface area contributed by atoms with Crippen molar-refractivity contribution in [2.45, 2.75) is 19.9 Å². The molecule has 0 atom stereocenters.